The number of carbonyl (C=O) groups is 1. The minimum absolute atomic E-state index is 0.00457. The Morgan fingerprint density at radius 1 is 1.17 bits per heavy atom. The number of benzene rings is 2. The SMILES string of the molecule is COc1cccc2c(=O)[nH]c(NC(=O)OCc3ccccc3)nc12. The number of hydrogen-bond acceptors (Lipinski definition) is 5. The molecule has 2 aromatic carbocycles. The van der Waals surface area contributed by atoms with Crippen molar-refractivity contribution in [2.75, 3.05) is 12.4 Å². The fourth-order valence-corrected chi connectivity index (χ4v) is 2.22. The number of aromatic amines is 1. The van der Waals surface area contributed by atoms with Crippen LogP contribution in [-0.4, -0.2) is 23.2 Å². The normalized spacial score (nSPS) is 10.4. The molecule has 1 amide bonds. The summed E-state index contributed by atoms with van der Waals surface area (Å²) in [6.07, 6.45) is -0.712. The van der Waals surface area contributed by atoms with E-state index in [1.165, 1.54) is 7.11 Å². The van der Waals surface area contributed by atoms with Gasteiger partial charge in [-0.25, -0.2) is 9.78 Å². The van der Waals surface area contributed by atoms with Crippen molar-refractivity contribution in [2.24, 2.45) is 0 Å². The lowest BCUT2D eigenvalue weighted by Gasteiger charge is -2.08. The maximum atomic E-state index is 12.1. The standard InChI is InChI=1S/C17H15N3O4/c1-23-13-9-5-8-12-14(13)18-16(19-15(12)21)20-17(22)24-10-11-6-3-2-4-7-11/h2-9H,10H2,1H3,(H2,18,19,20,21,22). The molecule has 3 rings (SSSR count). The monoisotopic (exact) mass is 325 g/mol. The molecule has 0 aliphatic carbocycles. The van der Waals surface area contributed by atoms with Crippen LogP contribution in [0.2, 0.25) is 0 Å². The number of H-pyrrole nitrogens is 1. The van der Waals surface area contributed by atoms with Gasteiger partial charge in [0.25, 0.3) is 5.56 Å². The lowest BCUT2D eigenvalue weighted by molar-refractivity contribution is 0.155. The Balaban J connectivity index is 1.77. The molecule has 1 aromatic heterocycles. The van der Waals surface area contributed by atoms with E-state index < -0.39 is 6.09 Å². The zero-order valence-electron chi connectivity index (χ0n) is 12.9. The molecular formula is C17H15N3O4. The number of aromatic nitrogens is 2. The fourth-order valence-electron chi connectivity index (χ4n) is 2.22. The Kier molecular flexibility index (Phi) is 4.42. The van der Waals surface area contributed by atoms with Crippen LogP contribution in [0.15, 0.2) is 53.3 Å². The summed E-state index contributed by atoms with van der Waals surface area (Å²) in [5, 5.41) is 2.79. The number of nitrogens with one attached hydrogen (secondary N) is 2. The van der Waals surface area contributed by atoms with Gasteiger partial charge in [-0.1, -0.05) is 36.4 Å². The van der Waals surface area contributed by atoms with Crippen molar-refractivity contribution in [3.63, 3.8) is 0 Å². The van der Waals surface area contributed by atoms with Gasteiger partial charge >= 0.3 is 6.09 Å². The van der Waals surface area contributed by atoms with Gasteiger partial charge in [-0.15, -0.1) is 0 Å². The molecule has 7 heteroatoms. The highest BCUT2D eigenvalue weighted by atomic mass is 16.5. The van der Waals surface area contributed by atoms with E-state index in [4.69, 9.17) is 9.47 Å². The van der Waals surface area contributed by atoms with Crippen LogP contribution >= 0.6 is 0 Å². The third-order valence-corrected chi connectivity index (χ3v) is 3.35. The van der Waals surface area contributed by atoms with Crippen LogP contribution in [0, 0.1) is 0 Å². The molecule has 0 spiro atoms. The number of carbonyl (C=O) groups excluding carboxylic acids is 1. The van der Waals surface area contributed by atoms with E-state index in [1.54, 1.807) is 18.2 Å². The largest absolute Gasteiger partial charge is 0.494 e. The molecule has 0 unspecified atom stereocenters. The Bertz CT molecular complexity index is 922. The van der Waals surface area contributed by atoms with Crippen molar-refractivity contribution >= 4 is 22.9 Å². The van der Waals surface area contributed by atoms with Gasteiger partial charge in [0.2, 0.25) is 5.95 Å². The number of nitrogens with zero attached hydrogens (tertiary/aromatic N) is 1. The molecule has 24 heavy (non-hydrogen) atoms. The summed E-state index contributed by atoms with van der Waals surface area (Å²) < 4.78 is 10.3. The van der Waals surface area contributed by atoms with Crippen LogP contribution in [0.4, 0.5) is 10.7 Å². The molecule has 0 aliphatic heterocycles. The van der Waals surface area contributed by atoms with E-state index in [1.807, 2.05) is 30.3 Å². The Morgan fingerprint density at radius 3 is 2.71 bits per heavy atom. The molecule has 3 aromatic rings. The van der Waals surface area contributed by atoms with Gasteiger partial charge in [0.05, 0.1) is 12.5 Å². The summed E-state index contributed by atoms with van der Waals surface area (Å²) in [6, 6.07) is 14.3. The van der Waals surface area contributed by atoms with Crippen molar-refractivity contribution in [3.8, 4) is 5.75 Å². The molecule has 0 bridgehead atoms. The lowest BCUT2D eigenvalue weighted by Crippen LogP contribution is -2.19. The predicted molar refractivity (Wildman–Crippen MR) is 89.2 cm³/mol. The average molecular weight is 325 g/mol. The molecule has 0 aliphatic rings. The van der Waals surface area contributed by atoms with Crippen LogP contribution in [0.25, 0.3) is 10.9 Å². The van der Waals surface area contributed by atoms with Gasteiger partial charge in [-0.05, 0) is 17.7 Å². The number of ether oxygens (including phenoxy) is 2. The summed E-state index contributed by atoms with van der Waals surface area (Å²) in [7, 11) is 1.48. The molecule has 0 fully saturated rings. The summed E-state index contributed by atoms with van der Waals surface area (Å²) in [6.45, 7) is 0.119. The average Bonchev–Trinajstić information content (AvgIpc) is 2.60. The third-order valence-electron chi connectivity index (χ3n) is 3.35. The Hall–Kier alpha value is -3.35. The fraction of sp³-hybridized carbons (Fsp3) is 0.118. The van der Waals surface area contributed by atoms with Crippen molar-refractivity contribution in [1.82, 2.24) is 9.97 Å². The molecule has 0 atom stereocenters. The van der Waals surface area contributed by atoms with E-state index in [2.05, 4.69) is 15.3 Å². The smallest absolute Gasteiger partial charge is 0.414 e. The summed E-state index contributed by atoms with van der Waals surface area (Å²) >= 11 is 0. The zero-order chi connectivity index (χ0) is 16.9. The molecular weight excluding hydrogens is 310 g/mol. The van der Waals surface area contributed by atoms with Crippen molar-refractivity contribution in [3.05, 3.63) is 64.4 Å². The first-order valence-corrected chi connectivity index (χ1v) is 7.22. The second-order valence-corrected chi connectivity index (χ2v) is 4.96. The highest BCUT2D eigenvalue weighted by Gasteiger charge is 2.11. The van der Waals surface area contributed by atoms with Crippen LogP contribution < -0.4 is 15.6 Å². The maximum Gasteiger partial charge on any atom is 0.414 e. The Labute approximate surface area is 137 Å². The first-order chi connectivity index (χ1) is 11.7. The van der Waals surface area contributed by atoms with Crippen LogP contribution in [0.5, 0.6) is 5.75 Å². The molecule has 0 saturated carbocycles. The van der Waals surface area contributed by atoms with Gasteiger partial charge in [0.1, 0.15) is 17.9 Å². The summed E-state index contributed by atoms with van der Waals surface area (Å²) in [4.78, 5) is 30.7. The lowest BCUT2D eigenvalue weighted by atomic mass is 10.2. The first kappa shape index (κ1) is 15.5. The van der Waals surface area contributed by atoms with E-state index in [9.17, 15) is 9.59 Å². The van der Waals surface area contributed by atoms with E-state index in [-0.39, 0.29) is 18.1 Å². The molecule has 0 saturated heterocycles. The maximum absolute atomic E-state index is 12.1. The van der Waals surface area contributed by atoms with Crippen molar-refractivity contribution in [1.29, 1.82) is 0 Å². The van der Waals surface area contributed by atoms with Gasteiger partial charge < -0.3 is 9.47 Å². The molecule has 2 N–H and O–H groups in total. The van der Waals surface area contributed by atoms with Crippen LogP contribution in [0.3, 0.4) is 0 Å². The van der Waals surface area contributed by atoms with Crippen LogP contribution in [0.1, 0.15) is 5.56 Å². The van der Waals surface area contributed by atoms with Gasteiger partial charge in [-0.3, -0.25) is 15.1 Å². The second kappa shape index (κ2) is 6.82. The van der Waals surface area contributed by atoms with E-state index >= 15 is 0 Å². The van der Waals surface area contributed by atoms with Crippen molar-refractivity contribution in [2.45, 2.75) is 6.61 Å². The second-order valence-electron chi connectivity index (χ2n) is 4.96. The Morgan fingerprint density at radius 2 is 1.96 bits per heavy atom. The highest BCUT2D eigenvalue weighted by Crippen LogP contribution is 2.21. The minimum atomic E-state index is -0.712. The van der Waals surface area contributed by atoms with E-state index in [0.29, 0.717) is 16.7 Å². The van der Waals surface area contributed by atoms with Crippen LogP contribution in [-0.2, 0) is 11.3 Å². The van der Waals surface area contributed by atoms with Gasteiger partial charge in [0, 0.05) is 0 Å². The summed E-state index contributed by atoms with van der Waals surface area (Å²) in [5.41, 5.74) is 0.841. The number of methoxy groups -OCH3 is 1. The molecule has 7 nitrogen and oxygen atoms in total. The van der Waals surface area contributed by atoms with Gasteiger partial charge in [-0.2, -0.15) is 0 Å². The molecule has 122 valence electrons. The number of para-hydroxylation sites is 1. The molecule has 1 heterocycles. The number of rotatable bonds is 4. The zero-order valence-corrected chi connectivity index (χ0v) is 12.9. The highest BCUT2D eigenvalue weighted by molar-refractivity contribution is 5.87. The predicted octanol–water partition coefficient (Wildman–Crippen LogP) is 2.68. The van der Waals surface area contributed by atoms with Crippen molar-refractivity contribution < 1.29 is 14.3 Å². The number of anilines is 1. The number of fused-ring (bicyclic) bond motifs is 1. The third kappa shape index (κ3) is 3.35. The minimum Gasteiger partial charge on any atom is -0.494 e. The van der Waals surface area contributed by atoms with Gasteiger partial charge in [0.15, 0.2) is 0 Å². The summed E-state index contributed by atoms with van der Waals surface area (Å²) in [5.74, 6) is 0.439. The number of hydrogen-bond donors (Lipinski definition) is 2. The van der Waals surface area contributed by atoms with E-state index in [0.717, 1.165) is 5.56 Å². The topological polar surface area (TPSA) is 93.3 Å². The first-order valence-electron chi connectivity index (χ1n) is 7.22. The molecule has 0 radical (unpaired) electrons. The number of amides is 1. The quantitative estimate of drug-likeness (QED) is 0.769.